The number of amides is 3. The van der Waals surface area contributed by atoms with Crippen LogP contribution in [0.3, 0.4) is 0 Å². The lowest BCUT2D eigenvalue weighted by atomic mass is 9.95. The highest BCUT2D eigenvalue weighted by molar-refractivity contribution is 5.99. The number of benzene rings is 1. The van der Waals surface area contributed by atoms with Gasteiger partial charge in [0.2, 0.25) is 11.8 Å². The van der Waals surface area contributed by atoms with Crippen LogP contribution >= 0.6 is 0 Å². The number of hydrogen-bond acceptors (Lipinski definition) is 7. The quantitative estimate of drug-likeness (QED) is 0.236. The molecule has 0 aliphatic rings. The van der Waals surface area contributed by atoms with Crippen molar-refractivity contribution in [3.8, 4) is 5.75 Å². The van der Waals surface area contributed by atoms with Gasteiger partial charge >= 0.3 is 0 Å². The van der Waals surface area contributed by atoms with E-state index in [1.807, 2.05) is 13.8 Å². The van der Waals surface area contributed by atoms with E-state index in [1.165, 1.54) is 6.92 Å². The summed E-state index contributed by atoms with van der Waals surface area (Å²) in [5, 5.41) is 22.2. The summed E-state index contributed by atoms with van der Waals surface area (Å²) in [6, 6.07) is 6.95. The van der Waals surface area contributed by atoms with Gasteiger partial charge in [-0.1, -0.05) is 19.1 Å². The molecule has 1 unspecified atom stereocenters. The summed E-state index contributed by atoms with van der Waals surface area (Å²) in [5.41, 5.74) is 2.83. The molecule has 1 aromatic heterocycles. The van der Waals surface area contributed by atoms with E-state index in [0.717, 1.165) is 0 Å². The Bertz CT molecular complexity index is 880. The van der Waals surface area contributed by atoms with Crippen molar-refractivity contribution in [2.75, 3.05) is 11.9 Å². The second kappa shape index (κ2) is 11.6. The number of aromatic nitrogens is 3. The van der Waals surface area contributed by atoms with E-state index in [-0.39, 0.29) is 25.0 Å². The Morgan fingerprint density at radius 3 is 2.48 bits per heavy atom. The van der Waals surface area contributed by atoms with Crippen LogP contribution in [0.4, 0.5) is 5.69 Å². The third kappa shape index (κ3) is 8.05. The maximum Gasteiger partial charge on any atom is 0.255 e. The van der Waals surface area contributed by atoms with Crippen molar-refractivity contribution in [3.05, 3.63) is 36.2 Å². The van der Waals surface area contributed by atoms with Crippen molar-refractivity contribution < 1.29 is 24.3 Å². The number of hydrogen-bond donors (Lipinski definition) is 4. The Morgan fingerprint density at radius 1 is 1.16 bits per heavy atom. The molecule has 1 aromatic carbocycles. The minimum atomic E-state index is -0.957. The summed E-state index contributed by atoms with van der Waals surface area (Å²) in [4.78, 5) is 35.0. The van der Waals surface area contributed by atoms with Crippen LogP contribution in [-0.4, -0.2) is 44.5 Å². The molecule has 4 N–H and O–H groups in total. The molecule has 0 fully saturated rings. The number of hydroxylamine groups is 1. The average molecular weight is 432 g/mol. The molecular weight excluding hydrogens is 404 g/mol. The average Bonchev–Trinajstić information content (AvgIpc) is 3.18. The summed E-state index contributed by atoms with van der Waals surface area (Å²) in [7, 11) is 0. The van der Waals surface area contributed by atoms with Gasteiger partial charge in [-0.05, 0) is 36.6 Å². The summed E-state index contributed by atoms with van der Waals surface area (Å²) in [6.07, 6.45) is 2.03. The summed E-state index contributed by atoms with van der Waals surface area (Å²) in [6.45, 7) is 6.04. The predicted molar refractivity (Wildman–Crippen MR) is 111 cm³/mol. The molecule has 11 heteroatoms. The Labute approximate surface area is 180 Å². The fraction of sp³-hybridized carbons (Fsp3) is 0.450. The molecule has 3 amide bonds. The molecule has 0 spiro atoms. The first kappa shape index (κ1) is 23.8. The molecule has 2 rings (SSSR count). The Hall–Kier alpha value is -3.47. The van der Waals surface area contributed by atoms with Crippen LogP contribution in [0.25, 0.3) is 0 Å². The second-order valence-corrected chi connectivity index (χ2v) is 7.42. The molecule has 31 heavy (non-hydrogen) atoms. The van der Waals surface area contributed by atoms with Gasteiger partial charge in [-0.25, -0.2) is 5.48 Å². The molecule has 0 aliphatic carbocycles. The number of nitrogens with zero attached hydrogens (tertiary/aromatic N) is 3. The monoisotopic (exact) mass is 432 g/mol. The molecular formula is C20H28N6O5. The first-order valence-electron chi connectivity index (χ1n) is 9.89. The number of anilines is 1. The molecule has 0 aliphatic heterocycles. The lowest BCUT2D eigenvalue weighted by Crippen LogP contribution is -2.42. The van der Waals surface area contributed by atoms with Gasteiger partial charge in [-0.2, -0.15) is 0 Å². The second-order valence-electron chi connectivity index (χ2n) is 7.42. The Kier molecular flexibility index (Phi) is 8.94. The van der Waals surface area contributed by atoms with Gasteiger partial charge in [0.25, 0.3) is 5.91 Å². The summed E-state index contributed by atoms with van der Waals surface area (Å²) in [5.74, 6) is -1.54. The first-order chi connectivity index (χ1) is 14.8. The minimum absolute atomic E-state index is 0.118. The number of carbonyl (C=O) groups is 3. The molecule has 0 saturated heterocycles. The lowest BCUT2D eigenvalue weighted by molar-refractivity contribution is -0.141. The Balaban J connectivity index is 1.79. The van der Waals surface area contributed by atoms with Crippen molar-refractivity contribution in [1.29, 1.82) is 0 Å². The molecule has 0 bridgehead atoms. The van der Waals surface area contributed by atoms with Crippen LogP contribution < -0.4 is 20.9 Å². The largest absolute Gasteiger partial charge is 0.487 e. The topological polar surface area (TPSA) is 147 Å². The van der Waals surface area contributed by atoms with E-state index in [4.69, 9.17) is 9.94 Å². The third-order valence-electron chi connectivity index (χ3n) is 4.24. The van der Waals surface area contributed by atoms with Gasteiger partial charge < -0.3 is 15.4 Å². The van der Waals surface area contributed by atoms with Crippen molar-refractivity contribution >= 4 is 23.4 Å². The van der Waals surface area contributed by atoms with Crippen molar-refractivity contribution in [1.82, 2.24) is 25.8 Å². The zero-order valence-electron chi connectivity index (χ0n) is 17.8. The van der Waals surface area contributed by atoms with E-state index in [0.29, 0.717) is 30.1 Å². The van der Waals surface area contributed by atoms with Crippen LogP contribution in [0.15, 0.2) is 30.5 Å². The number of rotatable bonds is 11. The molecule has 0 radical (unpaired) electrons. The fourth-order valence-electron chi connectivity index (χ4n) is 2.81. The number of nitrogens with one attached hydrogen (secondary N) is 3. The zero-order valence-corrected chi connectivity index (χ0v) is 17.8. The molecule has 0 saturated carbocycles. The van der Waals surface area contributed by atoms with E-state index in [1.54, 1.807) is 40.6 Å². The highest BCUT2D eigenvalue weighted by atomic mass is 16.5. The third-order valence-corrected chi connectivity index (χ3v) is 4.24. The van der Waals surface area contributed by atoms with Crippen molar-refractivity contribution in [2.45, 2.75) is 40.3 Å². The van der Waals surface area contributed by atoms with Gasteiger partial charge in [0, 0.05) is 19.2 Å². The molecule has 2 aromatic rings. The lowest BCUT2D eigenvalue weighted by Gasteiger charge is -2.16. The first-order valence-corrected chi connectivity index (χ1v) is 9.89. The molecule has 1 heterocycles. The van der Waals surface area contributed by atoms with E-state index in [9.17, 15) is 14.4 Å². The van der Waals surface area contributed by atoms with Crippen LogP contribution in [0, 0.1) is 11.8 Å². The maximum absolute atomic E-state index is 12.2. The standard InChI is InChI=1S/C20H28N6O5/c1-13(2)10-18(20(29)24-30)19(28)21-8-9-26-11-16(23-25-26)12-31-17-6-4-15(5-7-17)22-14(3)27/h4-7,11,13,18,30H,8-10,12H2,1-3H3,(H,21,28)(H,22,27)(H,24,29). The normalized spacial score (nSPS) is 11.6. The molecule has 168 valence electrons. The number of carbonyl (C=O) groups excluding carboxylic acids is 3. The highest BCUT2D eigenvalue weighted by Crippen LogP contribution is 2.16. The van der Waals surface area contributed by atoms with E-state index < -0.39 is 17.7 Å². The predicted octanol–water partition coefficient (Wildman–Crippen LogP) is 1.10. The van der Waals surface area contributed by atoms with Crippen molar-refractivity contribution in [2.24, 2.45) is 11.8 Å². The van der Waals surface area contributed by atoms with Gasteiger partial charge in [-0.15, -0.1) is 5.10 Å². The van der Waals surface area contributed by atoms with Crippen LogP contribution in [0.2, 0.25) is 0 Å². The smallest absolute Gasteiger partial charge is 0.255 e. The highest BCUT2D eigenvalue weighted by Gasteiger charge is 2.26. The molecule has 11 nitrogen and oxygen atoms in total. The summed E-state index contributed by atoms with van der Waals surface area (Å²) >= 11 is 0. The minimum Gasteiger partial charge on any atom is -0.487 e. The van der Waals surface area contributed by atoms with E-state index >= 15 is 0 Å². The fourth-order valence-corrected chi connectivity index (χ4v) is 2.81. The maximum atomic E-state index is 12.2. The summed E-state index contributed by atoms with van der Waals surface area (Å²) < 4.78 is 7.21. The Morgan fingerprint density at radius 2 is 1.87 bits per heavy atom. The van der Waals surface area contributed by atoms with Gasteiger partial charge in [0.1, 0.15) is 24.0 Å². The molecule has 1 atom stereocenters. The van der Waals surface area contributed by atoms with Crippen LogP contribution in [-0.2, 0) is 27.5 Å². The SMILES string of the molecule is CC(=O)Nc1ccc(OCc2cn(CCNC(=O)C(CC(C)C)C(=O)NO)nn2)cc1. The van der Waals surface area contributed by atoms with Crippen LogP contribution in [0.1, 0.15) is 32.9 Å². The van der Waals surface area contributed by atoms with Crippen LogP contribution in [0.5, 0.6) is 5.75 Å². The van der Waals surface area contributed by atoms with Gasteiger partial charge in [0.15, 0.2) is 0 Å². The van der Waals surface area contributed by atoms with Crippen molar-refractivity contribution in [3.63, 3.8) is 0 Å². The number of ether oxygens (including phenoxy) is 1. The van der Waals surface area contributed by atoms with E-state index in [2.05, 4.69) is 20.9 Å². The van der Waals surface area contributed by atoms with Gasteiger partial charge in [-0.3, -0.25) is 24.3 Å². The zero-order chi connectivity index (χ0) is 22.8. The van der Waals surface area contributed by atoms with Gasteiger partial charge in [0.05, 0.1) is 12.7 Å².